The first-order valence-electron chi connectivity index (χ1n) is 8.67. The van der Waals surface area contributed by atoms with Gasteiger partial charge < -0.3 is 14.6 Å². The van der Waals surface area contributed by atoms with Crippen LogP contribution >= 0.6 is 11.3 Å². The van der Waals surface area contributed by atoms with Crippen molar-refractivity contribution in [3.63, 3.8) is 0 Å². The number of carbonyl (C=O) groups excluding carboxylic acids is 1. The molecule has 6 nitrogen and oxygen atoms in total. The zero-order valence-electron chi connectivity index (χ0n) is 14.4. The summed E-state index contributed by atoms with van der Waals surface area (Å²) in [5.74, 6) is 2.06. The van der Waals surface area contributed by atoms with E-state index in [1.807, 2.05) is 43.3 Å². The summed E-state index contributed by atoms with van der Waals surface area (Å²) in [6.45, 7) is 3.04. The van der Waals surface area contributed by atoms with Crippen molar-refractivity contribution in [2.75, 3.05) is 6.61 Å². The summed E-state index contributed by atoms with van der Waals surface area (Å²) in [4.78, 5) is 18.2. The molecule has 134 valence electrons. The van der Waals surface area contributed by atoms with Gasteiger partial charge >= 0.3 is 0 Å². The molecule has 0 radical (unpaired) electrons. The van der Waals surface area contributed by atoms with Gasteiger partial charge in [-0.05, 0) is 44.0 Å². The van der Waals surface area contributed by atoms with E-state index in [9.17, 15) is 4.79 Å². The minimum atomic E-state index is 0.148. The summed E-state index contributed by atoms with van der Waals surface area (Å²) in [6.07, 6.45) is 2.02. The summed E-state index contributed by atoms with van der Waals surface area (Å²) in [5, 5.41) is 7.06. The average Bonchev–Trinajstić information content (AvgIpc) is 3.21. The molecular formula is C19H19N3O3S. The molecule has 0 bridgehead atoms. The van der Waals surface area contributed by atoms with Crippen LogP contribution in [-0.2, 0) is 11.3 Å². The fourth-order valence-corrected chi connectivity index (χ4v) is 3.49. The third-order valence-electron chi connectivity index (χ3n) is 4.11. The van der Waals surface area contributed by atoms with E-state index < -0.39 is 0 Å². The smallest absolute Gasteiger partial charge is 0.262 e. The molecule has 2 heterocycles. The number of para-hydroxylation sites is 1. The molecule has 0 saturated heterocycles. The monoisotopic (exact) mass is 369 g/mol. The predicted octanol–water partition coefficient (Wildman–Crippen LogP) is 3.89. The highest BCUT2D eigenvalue weighted by molar-refractivity contribution is 7.15. The van der Waals surface area contributed by atoms with Gasteiger partial charge in [-0.15, -0.1) is 11.3 Å². The molecule has 0 spiro atoms. The van der Waals surface area contributed by atoms with Crippen molar-refractivity contribution in [2.45, 2.75) is 26.3 Å². The van der Waals surface area contributed by atoms with Crippen LogP contribution in [0.1, 0.15) is 24.6 Å². The number of hydrogen-bond donors (Lipinski definition) is 1. The van der Waals surface area contributed by atoms with Gasteiger partial charge in [0.05, 0.1) is 23.6 Å². The van der Waals surface area contributed by atoms with Gasteiger partial charge in [0.15, 0.2) is 0 Å². The van der Waals surface area contributed by atoms with E-state index in [1.54, 1.807) is 11.3 Å². The van der Waals surface area contributed by atoms with Crippen LogP contribution in [-0.4, -0.2) is 22.7 Å². The number of nitrogens with zero attached hydrogens (tertiary/aromatic N) is 2. The average molecular weight is 369 g/mol. The van der Waals surface area contributed by atoms with Gasteiger partial charge in [0, 0.05) is 10.8 Å². The van der Waals surface area contributed by atoms with E-state index in [0.717, 1.165) is 33.9 Å². The molecule has 1 saturated carbocycles. The van der Waals surface area contributed by atoms with E-state index in [1.165, 1.54) is 0 Å². The molecule has 1 aliphatic rings. The largest absolute Gasteiger partial charge is 0.493 e. The second-order valence-corrected chi connectivity index (χ2v) is 7.28. The summed E-state index contributed by atoms with van der Waals surface area (Å²) < 4.78 is 11.1. The minimum absolute atomic E-state index is 0.148. The number of amides is 1. The highest BCUT2D eigenvalue weighted by Gasteiger charge is 2.29. The second-order valence-electron chi connectivity index (χ2n) is 6.11. The lowest BCUT2D eigenvalue weighted by molar-refractivity contribution is -0.122. The molecule has 1 aromatic carbocycles. The SMILES string of the molecule is CCOc1ccccc1-c1nc(-c2ccc(CNC(=O)C3CC3)s2)no1. The highest BCUT2D eigenvalue weighted by atomic mass is 32.1. The molecular weight excluding hydrogens is 350 g/mol. The van der Waals surface area contributed by atoms with Gasteiger partial charge in [-0.3, -0.25) is 4.79 Å². The van der Waals surface area contributed by atoms with E-state index in [4.69, 9.17) is 9.26 Å². The van der Waals surface area contributed by atoms with Crippen LogP contribution in [0, 0.1) is 5.92 Å². The van der Waals surface area contributed by atoms with Gasteiger partial charge in [0.1, 0.15) is 5.75 Å². The maximum absolute atomic E-state index is 11.7. The minimum Gasteiger partial charge on any atom is -0.493 e. The molecule has 1 N–H and O–H groups in total. The zero-order chi connectivity index (χ0) is 17.9. The fourth-order valence-electron chi connectivity index (χ4n) is 2.61. The first-order chi connectivity index (χ1) is 12.7. The van der Waals surface area contributed by atoms with Gasteiger partial charge in [-0.1, -0.05) is 17.3 Å². The molecule has 0 aliphatic heterocycles. The third kappa shape index (κ3) is 3.62. The van der Waals surface area contributed by atoms with Gasteiger partial charge in [-0.2, -0.15) is 4.98 Å². The molecule has 2 aromatic heterocycles. The molecule has 1 aliphatic carbocycles. The number of rotatable bonds is 7. The highest BCUT2D eigenvalue weighted by Crippen LogP contribution is 2.32. The molecule has 26 heavy (non-hydrogen) atoms. The Morgan fingerprint density at radius 1 is 1.31 bits per heavy atom. The summed E-state index contributed by atoms with van der Waals surface area (Å²) in [7, 11) is 0. The molecule has 0 unspecified atom stereocenters. The van der Waals surface area contributed by atoms with Crippen molar-refractivity contribution < 1.29 is 14.1 Å². The van der Waals surface area contributed by atoms with Crippen molar-refractivity contribution in [3.05, 3.63) is 41.3 Å². The number of hydrogen-bond acceptors (Lipinski definition) is 6. The van der Waals surface area contributed by atoms with Crippen molar-refractivity contribution >= 4 is 17.2 Å². The van der Waals surface area contributed by atoms with Crippen LogP contribution < -0.4 is 10.1 Å². The van der Waals surface area contributed by atoms with Crippen LogP contribution in [0.2, 0.25) is 0 Å². The van der Waals surface area contributed by atoms with Crippen LogP contribution in [0.25, 0.3) is 22.2 Å². The molecule has 0 atom stereocenters. The number of carbonyl (C=O) groups is 1. The summed E-state index contributed by atoms with van der Waals surface area (Å²) >= 11 is 1.55. The van der Waals surface area contributed by atoms with E-state index >= 15 is 0 Å². The van der Waals surface area contributed by atoms with Gasteiger partial charge in [0.25, 0.3) is 5.89 Å². The lowest BCUT2D eigenvalue weighted by Crippen LogP contribution is -2.23. The topological polar surface area (TPSA) is 77.2 Å². The summed E-state index contributed by atoms with van der Waals surface area (Å²) in [6, 6.07) is 11.5. The maximum Gasteiger partial charge on any atom is 0.262 e. The number of aromatic nitrogens is 2. The van der Waals surface area contributed by atoms with Crippen molar-refractivity contribution in [1.29, 1.82) is 0 Å². The van der Waals surface area contributed by atoms with Crippen LogP contribution in [0.15, 0.2) is 40.9 Å². The predicted molar refractivity (Wildman–Crippen MR) is 98.8 cm³/mol. The second kappa shape index (κ2) is 7.29. The Labute approximate surface area is 155 Å². The van der Waals surface area contributed by atoms with E-state index in [0.29, 0.717) is 24.9 Å². The Kier molecular flexibility index (Phi) is 4.71. The normalized spacial score (nSPS) is 13.6. The lowest BCUT2D eigenvalue weighted by atomic mass is 10.2. The van der Waals surface area contributed by atoms with Crippen LogP contribution in [0.3, 0.4) is 0 Å². The van der Waals surface area contributed by atoms with Crippen LogP contribution in [0.4, 0.5) is 0 Å². The molecule has 4 rings (SSSR count). The molecule has 7 heteroatoms. The number of benzene rings is 1. The number of ether oxygens (including phenoxy) is 1. The fraction of sp³-hybridized carbons (Fsp3) is 0.316. The van der Waals surface area contributed by atoms with E-state index in [-0.39, 0.29) is 11.8 Å². The van der Waals surface area contributed by atoms with Crippen molar-refractivity contribution in [1.82, 2.24) is 15.5 Å². The Morgan fingerprint density at radius 3 is 2.96 bits per heavy atom. The molecule has 1 amide bonds. The number of thiophene rings is 1. The standard InChI is InChI=1S/C19H19N3O3S/c1-2-24-15-6-4-3-5-14(15)19-21-17(22-25-19)16-10-9-13(26-16)11-20-18(23)12-7-8-12/h3-6,9-10,12H,2,7-8,11H2,1H3,(H,20,23). The Balaban J connectivity index is 1.49. The molecule has 3 aromatic rings. The first-order valence-corrected chi connectivity index (χ1v) is 9.49. The number of nitrogens with one attached hydrogen (secondary N) is 1. The Bertz CT molecular complexity index is 914. The van der Waals surface area contributed by atoms with Crippen LogP contribution in [0.5, 0.6) is 5.75 Å². The van der Waals surface area contributed by atoms with Gasteiger partial charge in [0.2, 0.25) is 11.7 Å². The third-order valence-corrected chi connectivity index (χ3v) is 5.19. The van der Waals surface area contributed by atoms with Crippen molar-refractivity contribution in [2.24, 2.45) is 5.92 Å². The molecule has 1 fully saturated rings. The zero-order valence-corrected chi connectivity index (χ0v) is 15.2. The first kappa shape index (κ1) is 16.8. The van der Waals surface area contributed by atoms with E-state index in [2.05, 4.69) is 15.5 Å². The summed E-state index contributed by atoms with van der Waals surface area (Å²) in [5.41, 5.74) is 0.779. The Morgan fingerprint density at radius 2 is 2.15 bits per heavy atom. The van der Waals surface area contributed by atoms with Gasteiger partial charge in [-0.25, -0.2) is 0 Å². The lowest BCUT2D eigenvalue weighted by Gasteiger charge is -2.05. The Hall–Kier alpha value is -2.67. The quantitative estimate of drug-likeness (QED) is 0.684. The maximum atomic E-state index is 11.7. The van der Waals surface area contributed by atoms with Crippen molar-refractivity contribution in [3.8, 4) is 27.9 Å².